The highest BCUT2D eigenvalue weighted by Gasteiger charge is 2.19. The summed E-state index contributed by atoms with van der Waals surface area (Å²) in [6.07, 6.45) is 70.8. The minimum atomic E-state index is -0.823. The monoisotopic (exact) mass is 901 g/mol. The summed E-state index contributed by atoms with van der Waals surface area (Å²) in [5.41, 5.74) is 0. The molecular formula is C59H96O6. The predicted molar refractivity (Wildman–Crippen MR) is 279 cm³/mol. The molecule has 0 aliphatic rings. The SMILES string of the molecule is CC/C=C\C/C=C\C/C=C\C/C=C\C/C=C\C/C=C\CCC(=O)OC[C@H](COC(=O)CCCC/C=C\C/C=C\C/C=C\CCCCC)OC(=O)CCCCCCCCCCCCCCC. The molecule has 0 heterocycles. The van der Waals surface area contributed by atoms with E-state index in [9.17, 15) is 14.4 Å². The average Bonchev–Trinajstić information content (AvgIpc) is 3.30. The molecule has 0 radical (unpaired) electrons. The number of carbonyl (C=O) groups is 3. The van der Waals surface area contributed by atoms with Gasteiger partial charge in [0.2, 0.25) is 0 Å². The van der Waals surface area contributed by atoms with Crippen molar-refractivity contribution in [3.63, 3.8) is 0 Å². The van der Waals surface area contributed by atoms with Crippen molar-refractivity contribution >= 4 is 17.9 Å². The van der Waals surface area contributed by atoms with E-state index in [1.165, 1.54) is 89.9 Å². The van der Waals surface area contributed by atoms with Gasteiger partial charge < -0.3 is 14.2 Å². The van der Waals surface area contributed by atoms with Crippen molar-refractivity contribution in [1.82, 2.24) is 0 Å². The number of hydrogen-bond donors (Lipinski definition) is 0. The van der Waals surface area contributed by atoms with E-state index in [1.807, 2.05) is 12.2 Å². The molecule has 0 aromatic carbocycles. The fourth-order valence-corrected chi connectivity index (χ4v) is 6.83. The minimum absolute atomic E-state index is 0.121. The van der Waals surface area contributed by atoms with Crippen LogP contribution in [0.4, 0.5) is 0 Å². The zero-order valence-corrected chi connectivity index (χ0v) is 42.0. The van der Waals surface area contributed by atoms with Gasteiger partial charge in [-0.05, 0) is 96.3 Å². The maximum atomic E-state index is 12.8. The number of hydrogen-bond acceptors (Lipinski definition) is 6. The average molecular weight is 901 g/mol. The number of rotatable bonds is 46. The van der Waals surface area contributed by atoms with E-state index in [1.54, 1.807) is 0 Å². The zero-order valence-electron chi connectivity index (χ0n) is 42.0. The Morgan fingerprint density at radius 3 is 1.06 bits per heavy atom. The quantitative estimate of drug-likeness (QED) is 0.0262. The molecule has 0 aliphatic heterocycles. The summed E-state index contributed by atoms with van der Waals surface area (Å²) in [7, 11) is 0. The molecule has 6 heteroatoms. The summed E-state index contributed by atoms with van der Waals surface area (Å²) in [5.74, 6) is -1.04. The van der Waals surface area contributed by atoms with E-state index in [0.29, 0.717) is 19.3 Å². The molecule has 368 valence electrons. The van der Waals surface area contributed by atoms with Crippen LogP contribution in [0, 0.1) is 0 Å². The Kier molecular flexibility index (Phi) is 49.5. The van der Waals surface area contributed by atoms with Gasteiger partial charge in [-0.15, -0.1) is 0 Å². The molecule has 0 fully saturated rings. The normalized spacial score (nSPS) is 13.0. The first-order chi connectivity index (χ1) is 32.0. The minimum Gasteiger partial charge on any atom is -0.462 e. The molecule has 0 spiro atoms. The van der Waals surface area contributed by atoms with Gasteiger partial charge in [0, 0.05) is 19.3 Å². The first kappa shape index (κ1) is 61.1. The Balaban J connectivity index is 4.56. The van der Waals surface area contributed by atoms with Crippen molar-refractivity contribution in [3.05, 3.63) is 109 Å². The molecule has 0 aromatic rings. The van der Waals surface area contributed by atoms with Crippen molar-refractivity contribution in [1.29, 1.82) is 0 Å². The Bertz CT molecular complexity index is 1360. The number of carbonyl (C=O) groups excluding carboxylic acids is 3. The van der Waals surface area contributed by atoms with E-state index in [0.717, 1.165) is 89.9 Å². The topological polar surface area (TPSA) is 78.9 Å². The molecule has 0 aromatic heterocycles. The van der Waals surface area contributed by atoms with Gasteiger partial charge in [0.25, 0.3) is 0 Å². The molecule has 0 aliphatic carbocycles. The molecule has 0 amide bonds. The van der Waals surface area contributed by atoms with Crippen LogP contribution >= 0.6 is 0 Å². The second kappa shape index (κ2) is 52.7. The van der Waals surface area contributed by atoms with Gasteiger partial charge in [0.05, 0.1) is 0 Å². The van der Waals surface area contributed by atoms with Crippen LogP contribution in [0.15, 0.2) is 109 Å². The number of esters is 3. The van der Waals surface area contributed by atoms with Crippen LogP contribution in [0.3, 0.4) is 0 Å². The van der Waals surface area contributed by atoms with Crippen molar-refractivity contribution in [2.45, 2.75) is 232 Å². The largest absolute Gasteiger partial charge is 0.462 e. The Hall–Kier alpha value is -3.93. The summed E-state index contributed by atoms with van der Waals surface area (Å²) in [5, 5.41) is 0. The summed E-state index contributed by atoms with van der Waals surface area (Å²) in [6, 6.07) is 0. The lowest BCUT2D eigenvalue weighted by molar-refractivity contribution is -0.166. The smallest absolute Gasteiger partial charge is 0.306 e. The highest BCUT2D eigenvalue weighted by atomic mass is 16.6. The van der Waals surface area contributed by atoms with Crippen molar-refractivity contribution < 1.29 is 28.6 Å². The zero-order chi connectivity index (χ0) is 47.2. The molecule has 65 heavy (non-hydrogen) atoms. The summed E-state index contributed by atoms with van der Waals surface area (Å²) in [6.45, 7) is 6.39. The lowest BCUT2D eigenvalue weighted by Crippen LogP contribution is -2.30. The van der Waals surface area contributed by atoms with Gasteiger partial charge in [-0.1, -0.05) is 220 Å². The van der Waals surface area contributed by atoms with Crippen molar-refractivity contribution in [2.75, 3.05) is 13.2 Å². The Morgan fingerprint density at radius 2 is 0.631 bits per heavy atom. The summed E-state index contributed by atoms with van der Waals surface area (Å²) in [4.78, 5) is 38.0. The highest BCUT2D eigenvalue weighted by Crippen LogP contribution is 2.14. The molecular weight excluding hydrogens is 805 g/mol. The third-order valence-electron chi connectivity index (χ3n) is 10.8. The third kappa shape index (κ3) is 50.9. The predicted octanol–water partition coefficient (Wildman–Crippen LogP) is 17.5. The van der Waals surface area contributed by atoms with E-state index >= 15 is 0 Å². The Labute approximate surface area is 400 Å². The van der Waals surface area contributed by atoms with E-state index < -0.39 is 6.10 Å². The number of allylic oxidation sites excluding steroid dienone is 18. The molecule has 0 saturated heterocycles. The fourth-order valence-electron chi connectivity index (χ4n) is 6.83. The lowest BCUT2D eigenvalue weighted by Gasteiger charge is -2.18. The standard InChI is InChI=1S/C59H96O6/c1-4-7-10-13-16-19-22-25-27-28-29-30-32-35-37-40-43-46-49-52-58(61)64-55-56(65-59(62)53-50-47-44-41-38-33-24-21-18-15-12-9-6-3)54-63-57(60)51-48-45-42-39-36-34-31-26-23-20-17-14-11-8-5-2/h7,10,16-17,19-20,25-27,29-31,35-37,39,43,46,56H,4-6,8-9,11-15,18,21-24,28,32-34,38,40-42,44-45,47-55H2,1-3H3/b10-7-,19-16-,20-17-,27-25-,30-29-,31-26-,37-35-,39-36-,46-43-/t56-/m0/s1. The number of unbranched alkanes of at least 4 members (excludes halogenated alkanes) is 17. The second-order valence-electron chi connectivity index (χ2n) is 17.1. The fraction of sp³-hybridized carbons (Fsp3) is 0.644. The molecule has 0 rings (SSSR count). The molecule has 0 saturated carbocycles. The van der Waals surface area contributed by atoms with Crippen LogP contribution in [0.1, 0.15) is 226 Å². The van der Waals surface area contributed by atoms with E-state index in [4.69, 9.17) is 14.2 Å². The molecule has 6 nitrogen and oxygen atoms in total. The maximum absolute atomic E-state index is 12.8. The van der Waals surface area contributed by atoms with Gasteiger partial charge in [-0.2, -0.15) is 0 Å². The van der Waals surface area contributed by atoms with Crippen molar-refractivity contribution in [3.8, 4) is 0 Å². The summed E-state index contributed by atoms with van der Waals surface area (Å²) >= 11 is 0. The van der Waals surface area contributed by atoms with Gasteiger partial charge >= 0.3 is 17.9 Å². The van der Waals surface area contributed by atoms with Gasteiger partial charge in [0.1, 0.15) is 13.2 Å². The molecule has 0 unspecified atom stereocenters. The van der Waals surface area contributed by atoms with Gasteiger partial charge in [-0.3, -0.25) is 14.4 Å². The van der Waals surface area contributed by atoms with Gasteiger partial charge in [0.15, 0.2) is 6.10 Å². The van der Waals surface area contributed by atoms with E-state index in [2.05, 4.69) is 118 Å². The van der Waals surface area contributed by atoms with Crippen LogP contribution in [0.2, 0.25) is 0 Å². The van der Waals surface area contributed by atoms with E-state index in [-0.39, 0.29) is 37.5 Å². The summed E-state index contributed by atoms with van der Waals surface area (Å²) < 4.78 is 16.7. The molecule has 0 N–H and O–H groups in total. The first-order valence-corrected chi connectivity index (χ1v) is 26.4. The first-order valence-electron chi connectivity index (χ1n) is 26.4. The van der Waals surface area contributed by atoms with Crippen LogP contribution < -0.4 is 0 Å². The number of ether oxygens (including phenoxy) is 3. The highest BCUT2D eigenvalue weighted by molar-refractivity contribution is 5.71. The van der Waals surface area contributed by atoms with Crippen molar-refractivity contribution in [2.24, 2.45) is 0 Å². The molecule has 1 atom stereocenters. The van der Waals surface area contributed by atoms with Crippen LogP contribution in [-0.2, 0) is 28.6 Å². The third-order valence-corrected chi connectivity index (χ3v) is 10.8. The van der Waals surface area contributed by atoms with Crippen LogP contribution in [0.5, 0.6) is 0 Å². The maximum Gasteiger partial charge on any atom is 0.306 e. The second-order valence-corrected chi connectivity index (χ2v) is 17.1. The van der Waals surface area contributed by atoms with Gasteiger partial charge in [-0.25, -0.2) is 0 Å². The molecule has 0 bridgehead atoms. The lowest BCUT2D eigenvalue weighted by atomic mass is 10.0. The van der Waals surface area contributed by atoms with Crippen LogP contribution in [0.25, 0.3) is 0 Å². The Morgan fingerprint density at radius 1 is 0.323 bits per heavy atom. The van der Waals surface area contributed by atoms with Crippen LogP contribution in [-0.4, -0.2) is 37.2 Å².